The molecule has 0 unspecified atom stereocenters. The van der Waals surface area contributed by atoms with E-state index >= 15 is 0 Å². The van der Waals surface area contributed by atoms with Gasteiger partial charge < -0.3 is 15.4 Å². The van der Waals surface area contributed by atoms with Crippen LogP contribution in [0.2, 0.25) is 0 Å². The summed E-state index contributed by atoms with van der Waals surface area (Å²) in [6, 6.07) is 6.84. The molecule has 0 atom stereocenters. The summed E-state index contributed by atoms with van der Waals surface area (Å²) in [6.07, 6.45) is 2.52. The molecule has 0 radical (unpaired) electrons. The number of hydrogen-bond acceptors (Lipinski definition) is 5. The molecule has 1 aromatic rings. The van der Waals surface area contributed by atoms with Gasteiger partial charge in [0, 0.05) is 31.2 Å². The lowest BCUT2D eigenvalue weighted by molar-refractivity contribution is 0.0512. The molecule has 0 aromatic heterocycles. The number of nitrogens with one attached hydrogen (secondary N) is 2. The van der Waals surface area contributed by atoms with Gasteiger partial charge in [0.05, 0.1) is 18.0 Å². The first kappa shape index (κ1) is 19.1. The third kappa shape index (κ3) is 4.19. The molecule has 0 spiro atoms. The molecule has 2 aliphatic heterocycles. The Morgan fingerprint density at radius 2 is 2.12 bits per heavy atom. The maximum atomic E-state index is 12.6. The molecule has 0 saturated carbocycles. The van der Waals surface area contributed by atoms with E-state index < -0.39 is 10.0 Å². The summed E-state index contributed by atoms with van der Waals surface area (Å²) in [5.74, 6) is -0.0192. The predicted octanol–water partition coefficient (Wildman–Crippen LogP) is 0.973. The number of piperidine rings is 1. The van der Waals surface area contributed by atoms with E-state index in [9.17, 15) is 13.2 Å². The minimum Gasteiger partial charge on any atom is -0.384 e. The van der Waals surface area contributed by atoms with Crippen LogP contribution >= 0.6 is 0 Å². The quantitative estimate of drug-likeness (QED) is 0.767. The monoisotopic (exact) mass is 381 g/mol. The molecule has 2 heterocycles. The third-order valence-corrected chi connectivity index (χ3v) is 7.10. The first-order chi connectivity index (χ1) is 12.5. The molecule has 0 bridgehead atoms. The molecule has 1 amide bonds. The van der Waals surface area contributed by atoms with E-state index in [1.165, 1.54) is 4.31 Å². The Balaban J connectivity index is 1.69. The van der Waals surface area contributed by atoms with Crippen LogP contribution in [-0.2, 0) is 14.8 Å². The highest BCUT2D eigenvalue weighted by atomic mass is 32.2. The van der Waals surface area contributed by atoms with Gasteiger partial charge in [-0.15, -0.1) is 0 Å². The van der Waals surface area contributed by atoms with Crippen molar-refractivity contribution in [2.75, 3.05) is 50.0 Å². The third-order valence-electron chi connectivity index (χ3n) is 5.23. The molecule has 1 aromatic carbocycles. The van der Waals surface area contributed by atoms with Crippen molar-refractivity contribution in [3.05, 3.63) is 29.8 Å². The average Bonchev–Trinajstić information content (AvgIpc) is 3.00. The molecule has 144 valence electrons. The largest absolute Gasteiger partial charge is 0.384 e. The van der Waals surface area contributed by atoms with Crippen molar-refractivity contribution in [3.63, 3.8) is 0 Å². The second kappa shape index (κ2) is 7.94. The van der Waals surface area contributed by atoms with Crippen LogP contribution in [0.4, 0.5) is 5.69 Å². The standard InChI is InChI=1S/C18H27N3O4S/c1-25-14-18(6-8-19-9-7-18)13-20-17(22)15-4-2-5-16(12-15)21-10-3-11-26(21,23)24/h2,4-5,12,19H,3,6-11,13-14H2,1H3,(H,20,22). The number of nitrogens with zero attached hydrogens (tertiary/aromatic N) is 1. The van der Waals surface area contributed by atoms with E-state index in [2.05, 4.69) is 10.6 Å². The van der Waals surface area contributed by atoms with Crippen LogP contribution < -0.4 is 14.9 Å². The van der Waals surface area contributed by atoms with E-state index in [-0.39, 0.29) is 17.1 Å². The molecule has 3 rings (SSSR count). The Morgan fingerprint density at radius 1 is 1.35 bits per heavy atom. The van der Waals surface area contributed by atoms with Gasteiger partial charge in [0.15, 0.2) is 0 Å². The van der Waals surface area contributed by atoms with Gasteiger partial charge in [-0.05, 0) is 50.6 Å². The van der Waals surface area contributed by atoms with Crippen molar-refractivity contribution in [3.8, 4) is 0 Å². The normalized spacial score (nSPS) is 21.5. The van der Waals surface area contributed by atoms with E-state index in [4.69, 9.17) is 4.74 Å². The lowest BCUT2D eigenvalue weighted by atomic mass is 9.79. The zero-order valence-electron chi connectivity index (χ0n) is 15.2. The maximum Gasteiger partial charge on any atom is 0.251 e. The van der Waals surface area contributed by atoms with Crippen molar-refractivity contribution < 1.29 is 17.9 Å². The van der Waals surface area contributed by atoms with Crippen LogP contribution in [-0.4, -0.2) is 60.0 Å². The minimum absolute atomic E-state index is 0.0500. The fourth-order valence-electron chi connectivity index (χ4n) is 3.74. The summed E-state index contributed by atoms with van der Waals surface area (Å²) < 4.78 is 31.0. The Kier molecular flexibility index (Phi) is 5.84. The van der Waals surface area contributed by atoms with Gasteiger partial charge in [-0.2, -0.15) is 0 Å². The van der Waals surface area contributed by atoms with Crippen LogP contribution in [0.3, 0.4) is 0 Å². The topological polar surface area (TPSA) is 87.7 Å². The number of hydrogen-bond donors (Lipinski definition) is 2. The van der Waals surface area contributed by atoms with Gasteiger partial charge in [-0.1, -0.05) is 6.07 Å². The van der Waals surface area contributed by atoms with E-state index in [0.29, 0.717) is 37.4 Å². The highest BCUT2D eigenvalue weighted by Gasteiger charge is 2.33. The van der Waals surface area contributed by atoms with Crippen molar-refractivity contribution in [1.82, 2.24) is 10.6 Å². The van der Waals surface area contributed by atoms with Gasteiger partial charge in [0.2, 0.25) is 10.0 Å². The summed E-state index contributed by atoms with van der Waals surface area (Å²) in [5.41, 5.74) is 0.987. The van der Waals surface area contributed by atoms with Crippen LogP contribution in [0.15, 0.2) is 24.3 Å². The second-order valence-electron chi connectivity index (χ2n) is 7.16. The molecular weight excluding hydrogens is 354 g/mol. The average molecular weight is 381 g/mol. The van der Waals surface area contributed by atoms with Crippen LogP contribution in [0, 0.1) is 5.41 Å². The van der Waals surface area contributed by atoms with Crippen molar-refractivity contribution in [2.45, 2.75) is 19.3 Å². The van der Waals surface area contributed by atoms with Gasteiger partial charge in [0.25, 0.3) is 5.91 Å². The number of ether oxygens (including phenoxy) is 1. The molecule has 26 heavy (non-hydrogen) atoms. The molecule has 2 saturated heterocycles. The molecule has 8 heteroatoms. The maximum absolute atomic E-state index is 12.6. The number of benzene rings is 1. The molecule has 0 aliphatic carbocycles. The summed E-state index contributed by atoms with van der Waals surface area (Å²) >= 11 is 0. The molecule has 7 nitrogen and oxygen atoms in total. The van der Waals surface area contributed by atoms with Gasteiger partial charge >= 0.3 is 0 Å². The number of carbonyl (C=O) groups is 1. The number of carbonyl (C=O) groups excluding carboxylic acids is 1. The highest BCUT2D eigenvalue weighted by molar-refractivity contribution is 7.93. The first-order valence-electron chi connectivity index (χ1n) is 9.04. The molecule has 2 N–H and O–H groups in total. The second-order valence-corrected chi connectivity index (χ2v) is 9.17. The Labute approximate surface area is 155 Å². The van der Waals surface area contributed by atoms with Gasteiger partial charge in [-0.25, -0.2) is 8.42 Å². The van der Waals surface area contributed by atoms with Gasteiger partial charge in [-0.3, -0.25) is 9.10 Å². The summed E-state index contributed by atoms with van der Waals surface area (Å²) in [4.78, 5) is 12.6. The SMILES string of the molecule is COCC1(CNC(=O)c2cccc(N3CCCS3(=O)=O)c2)CCNCC1. The van der Waals surface area contributed by atoms with Crippen LogP contribution in [0.5, 0.6) is 0 Å². The highest BCUT2D eigenvalue weighted by Crippen LogP contribution is 2.29. The summed E-state index contributed by atoms with van der Waals surface area (Å²) in [7, 11) is -1.56. The number of amides is 1. The summed E-state index contributed by atoms with van der Waals surface area (Å²) in [5, 5.41) is 6.35. The zero-order chi connectivity index (χ0) is 18.6. The molecule has 2 aliphatic rings. The van der Waals surface area contributed by atoms with E-state index in [1.54, 1.807) is 31.4 Å². The number of methoxy groups -OCH3 is 1. The number of rotatable bonds is 6. The minimum atomic E-state index is -3.25. The molecule has 2 fully saturated rings. The fourth-order valence-corrected chi connectivity index (χ4v) is 5.29. The van der Waals surface area contributed by atoms with Crippen LogP contribution in [0.25, 0.3) is 0 Å². The Bertz CT molecular complexity index is 739. The number of sulfonamides is 1. The van der Waals surface area contributed by atoms with Crippen molar-refractivity contribution in [1.29, 1.82) is 0 Å². The predicted molar refractivity (Wildman–Crippen MR) is 101 cm³/mol. The number of anilines is 1. The fraction of sp³-hybridized carbons (Fsp3) is 0.611. The van der Waals surface area contributed by atoms with E-state index in [0.717, 1.165) is 25.9 Å². The summed E-state index contributed by atoms with van der Waals surface area (Å²) in [6.45, 7) is 3.47. The zero-order valence-corrected chi connectivity index (χ0v) is 16.0. The van der Waals surface area contributed by atoms with Crippen molar-refractivity contribution >= 4 is 21.6 Å². The smallest absolute Gasteiger partial charge is 0.251 e. The Morgan fingerprint density at radius 3 is 2.77 bits per heavy atom. The van der Waals surface area contributed by atoms with Gasteiger partial charge in [0.1, 0.15) is 0 Å². The van der Waals surface area contributed by atoms with Crippen molar-refractivity contribution in [2.24, 2.45) is 5.41 Å². The lowest BCUT2D eigenvalue weighted by Crippen LogP contribution is -2.47. The van der Waals surface area contributed by atoms with E-state index in [1.807, 2.05) is 0 Å². The first-order valence-corrected chi connectivity index (χ1v) is 10.7. The molecular formula is C18H27N3O4S. The van der Waals surface area contributed by atoms with Crippen LogP contribution in [0.1, 0.15) is 29.6 Å². The Hall–Kier alpha value is -1.64. The lowest BCUT2D eigenvalue weighted by Gasteiger charge is -2.37.